The SMILES string of the molecule is CCOc1ccc(-c2cnc(-c3ccccc3C(=O)N3CCN(Cc4ccccc4)CC3)o2)cc1. The minimum Gasteiger partial charge on any atom is -0.494 e. The first-order valence-electron chi connectivity index (χ1n) is 12.1. The minimum absolute atomic E-state index is 0.0146. The van der Waals surface area contributed by atoms with Crippen molar-refractivity contribution in [1.82, 2.24) is 14.8 Å². The summed E-state index contributed by atoms with van der Waals surface area (Å²) >= 11 is 0. The summed E-state index contributed by atoms with van der Waals surface area (Å²) in [7, 11) is 0. The summed E-state index contributed by atoms with van der Waals surface area (Å²) in [6, 6.07) is 25.7. The summed E-state index contributed by atoms with van der Waals surface area (Å²) in [5.41, 5.74) is 3.53. The first-order chi connectivity index (χ1) is 17.2. The topological polar surface area (TPSA) is 58.8 Å². The molecule has 1 fully saturated rings. The van der Waals surface area contributed by atoms with E-state index in [0.29, 0.717) is 42.5 Å². The molecule has 5 rings (SSSR count). The Hall–Kier alpha value is -3.90. The normalized spacial score (nSPS) is 14.1. The number of ether oxygens (including phenoxy) is 1. The number of carbonyl (C=O) groups excluding carboxylic acids is 1. The number of hydrogen-bond acceptors (Lipinski definition) is 5. The van der Waals surface area contributed by atoms with Crippen LogP contribution in [0.2, 0.25) is 0 Å². The van der Waals surface area contributed by atoms with Gasteiger partial charge in [0, 0.05) is 43.9 Å². The zero-order valence-electron chi connectivity index (χ0n) is 19.9. The summed E-state index contributed by atoms with van der Waals surface area (Å²) in [5.74, 6) is 1.93. The summed E-state index contributed by atoms with van der Waals surface area (Å²) < 4.78 is 11.6. The molecule has 3 aromatic carbocycles. The van der Waals surface area contributed by atoms with Crippen molar-refractivity contribution in [3.8, 4) is 28.5 Å². The van der Waals surface area contributed by atoms with Crippen LogP contribution in [0.25, 0.3) is 22.8 Å². The highest BCUT2D eigenvalue weighted by molar-refractivity contribution is 6.00. The van der Waals surface area contributed by atoms with Gasteiger partial charge >= 0.3 is 0 Å². The van der Waals surface area contributed by atoms with Gasteiger partial charge in [0.2, 0.25) is 5.89 Å². The number of amides is 1. The van der Waals surface area contributed by atoms with E-state index in [1.54, 1.807) is 6.20 Å². The molecule has 2 heterocycles. The van der Waals surface area contributed by atoms with E-state index >= 15 is 0 Å². The van der Waals surface area contributed by atoms with Gasteiger partial charge in [-0.1, -0.05) is 42.5 Å². The van der Waals surface area contributed by atoms with Crippen LogP contribution in [0.5, 0.6) is 5.75 Å². The van der Waals surface area contributed by atoms with Gasteiger partial charge in [0.05, 0.1) is 18.4 Å². The van der Waals surface area contributed by atoms with Crippen molar-refractivity contribution < 1.29 is 13.9 Å². The first kappa shape index (κ1) is 22.9. The number of hydrogen-bond donors (Lipinski definition) is 0. The summed E-state index contributed by atoms with van der Waals surface area (Å²) in [6.45, 7) is 6.59. The molecule has 35 heavy (non-hydrogen) atoms. The molecule has 0 unspecified atom stereocenters. The molecular formula is C29H29N3O3. The molecule has 0 saturated carbocycles. The fourth-order valence-corrected chi connectivity index (χ4v) is 4.39. The molecule has 0 bridgehead atoms. The molecule has 0 spiro atoms. The highest BCUT2D eigenvalue weighted by Gasteiger charge is 2.25. The predicted octanol–water partition coefficient (Wildman–Crippen LogP) is 5.37. The second kappa shape index (κ2) is 10.6. The van der Waals surface area contributed by atoms with Crippen molar-refractivity contribution in [3.05, 3.63) is 96.2 Å². The second-order valence-corrected chi connectivity index (χ2v) is 8.59. The summed E-state index contributed by atoms with van der Waals surface area (Å²) in [6.07, 6.45) is 1.70. The lowest BCUT2D eigenvalue weighted by Crippen LogP contribution is -2.48. The van der Waals surface area contributed by atoms with Crippen LogP contribution in [0.3, 0.4) is 0 Å². The highest BCUT2D eigenvalue weighted by Crippen LogP contribution is 2.30. The van der Waals surface area contributed by atoms with E-state index in [2.05, 4.69) is 34.1 Å². The van der Waals surface area contributed by atoms with Crippen molar-refractivity contribution in [1.29, 1.82) is 0 Å². The average Bonchev–Trinajstić information content (AvgIpc) is 3.40. The minimum atomic E-state index is 0.0146. The number of carbonyl (C=O) groups is 1. The zero-order chi connectivity index (χ0) is 24.0. The quantitative estimate of drug-likeness (QED) is 0.366. The Balaban J connectivity index is 1.28. The molecule has 1 aliphatic rings. The van der Waals surface area contributed by atoms with E-state index < -0.39 is 0 Å². The fraction of sp³-hybridized carbons (Fsp3) is 0.241. The molecular weight excluding hydrogens is 438 g/mol. The maximum absolute atomic E-state index is 13.5. The van der Waals surface area contributed by atoms with E-state index in [4.69, 9.17) is 9.15 Å². The predicted molar refractivity (Wildman–Crippen MR) is 136 cm³/mol. The number of aromatic nitrogens is 1. The van der Waals surface area contributed by atoms with Crippen LogP contribution < -0.4 is 4.74 Å². The molecule has 0 aliphatic carbocycles. The first-order valence-corrected chi connectivity index (χ1v) is 12.1. The Morgan fingerprint density at radius 2 is 1.63 bits per heavy atom. The van der Waals surface area contributed by atoms with Gasteiger partial charge < -0.3 is 14.1 Å². The molecule has 0 atom stereocenters. The highest BCUT2D eigenvalue weighted by atomic mass is 16.5. The van der Waals surface area contributed by atoms with Gasteiger partial charge in [-0.15, -0.1) is 0 Å². The largest absolute Gasteiger partial charge is 0.494 e. The molecule has 6 nitrogen and oxygen atoms in total. The molecule has 4 aromatic rings. The van der Waals surface area contributed by atoms with Gasteiger partial charge in [-0.2, -0.15) is 0 Å². The van der Waals surface area contributed by atoms with E-state index in [0.717, 1.165) is 30.9 Å². The number of piperazine rings is 1. The zero-order valence-corrected chi connectivity index (χ0v) is 19.9. The van der Waals surface area contributed by atoms with Crippen LogP contribution in [0, 0.1) is 0 Å². The molecule has 1 saturated heterocycles. The fourth-order valence-electron chi connectivity index (χ4n) is 4.39. The Bertz CT molecular complexity index is 1260. The second-order valence-electron chi connectivity index (χ2n) is 8.59. The molecule has 1 aromatic heterocycles. The summed E-state index contributed by atoms with van der Waals surface area (Å²) in [4.78, 5) is 22.3. The van der Waals surface area contributed by atoms with Crippen LogP contribution in [0.1, 0.15) is 22.8 Å². The lowest BCUT2D eigenvalue weighted by Gasteiger charge is -2.35. The van der Waals surface area contributed by atoms with Gasteiger partial charge in [-0.05, 0) is 48.9 Å². The van der Waals surface area contributed by atoms with Gasteiger partial charge in [0.1, 0.15) is 5.75 Å². The molecule has 1 aliphatic heterocycles. The maximum atomic E-state index is 13.5. The van der Waals surface area contributed by atoms with E-state index in [1.165, 1.54) is 5.56 Å². The smallest absolute Gasteiger partial charge is 0.254 e. The van der Waals surface area contributed by atoms with Gasteiger partial charge in [-0.25, -0.2) is 4.98 Å². The van der Waals surface area contributed by atoms with Crippen LogP contribution >= 0.6 is 0 Å². The number of benzene rings is 3. The van der Waals surface area contributed by atoms with E-state index in [9.17, 15) is 4.79 Å². The Morgan fingerprint density at radius 3 is 2.37 bits per heavy atom. The van der Waals surface area contributed by atoms with Crippen molar-refractivity contribution in [3.63, 3.8) is 0 Å². The molecule has 1 amide bonds. The van der Waals surface area contributed by atoms with Gasteiger partial charge in [0.25, 0.3) is 5.91 Å². The van der Waals surface area contributed by atoms with Crippen LogP contribution in [0.15, 0.2) is 89.5 Å². The number of nitrogens with zero attached hydrogens (tertiary/aromatic N) is 3. The Kier molecular flexibility index (Phi) is 6.91. The van der Waals surface area contributed by atoms with E-state index in [-0.39, 0.29) is 5.91 Å². The third-order valence-electron chi connectivity index (χ3n) is 6.25. The van der Waals surface area contributed by atoms with Crippen molar-refractivity contribution in [2.45, 2.75) is 13.5 Å². The third-order valence-corrected chi connectivity index (χ3v) is 6.25. The lowest BCUT2D eigenvalue weighted by atomic mass is 10.1. The number of rotatable bonds is 7. The molecule has 0 radical (unpaired) electrons. The van der Waals surface area contributed by atoms with Crippen LogP contribution in [-0.4, -0.2) is 53.5 Å². The molecule has 178 valence electrons. The molecule has 0 N–H and O–H groups in total. The van der Waals surface area contributed by atoms with Crippen LogP contribution in [0.4, 0.5) is 0 Å². The van der Waals surface area contributed by atoms with Crippen LogP contribution in [-0.2, 0) is 6.54 Å². The van der Waals surface area contributed by atoms with Gasteiger partial charge in [-0.3, -0.25) is 9.69 Å². The monoisotopic (exact) mass is 467 g/mol. The van der Waals surface area contributed by atoms with Gasteiger partial charge in [0.15, 0.2) is 5.76 Å². The lowest BCUT2D eigenvalue weighted by molar-refractivity contribution is 0.0629. The van der Waals surface area contributed by atoms with E-state index in [1.807, 2.05) is 66.4 Å². The number of oxazole rings is 1. The van der Waals surface area contributed by atoms with Crippen molar-refractivity contribution in [2.24, 2.45) is 0 Å². The molecule has 6 heteroatoms. The Labute approximate surface area is 205 Å². The standard InChI is InChI=1S/C29H29N3O3/c1-2-34-24-14-12-23(13-15-24)27-20-30-28(35-27)25-10-6-7-11-26(25)29(33)32-18-16-31(17-19-32)21-22-8-4-3-5-9-22/h3-15,20H,2,16-19,21H2,1H3. The van der Waals surface area contributed by atoms with Crippen molar-refractivity contribution in [2.75, 3.05) is 32.8 Å². The third kappa shape index (κ3) is 5.28. The average molecular weight is 468 g/mol. The maximum Gasteiger partial charge on any atom is 0.254 e. The van der Waals surface area contributed by atoms with Crippen molar-refractivity contribution >= 4 is 5.91 Å². The Morgan fingerprint density at radius 1 is 0.914 bits per heavy atom. The summed E-state index contributed by atoms with van der Waals surface area (Å²) in [5, 5.41) is 0.